The monoisotopic (exact) mass is 390 g/mol. The summed E-state index contributed by atoms with van der Waals surface area (Å²) < 4.78 is 4.73. The lowest BCUT2D eigenvalue weighted by Crippen LogP contribution is -2.17. The molecule has 0 atom stereocenters. The highest BCUT2D eigenvalue weighted by Crippen LogP contribution is 2.28. The van der Waals surface area contributed by atoms with Gasteiger partial charge in [-0.25, -0.2) is 4.79 Å². The quantitative estimate of drug-likeness (QED) is 0.329. The molecule has 28 heavy (non-hydrogen) atoms. The van der Waals surface area contributed by atoms with E-state index < -0.39 is 11.8 Å². The van der Waals surface area contributed by atoms with Gasteiger partial charge in [0.05, 0.1) is 6.61 Å². The molecule has 0 spiro atoms. The molecular formula is C23H18O4S. The van der Waals surface area contributed by atoms with Crippen molar-refractivity contribution in [3.8, 4) is 0 Å². The summed E-state index contributed by atoms with van der Waals surface area (Å²) in [6.07, 6.45) is 0. The van der Waals surface area contributed by atoms with Crippen LogP contribution in [-0.4, -0.2) is 24.1 Å². The van der Waals surface area contributed by atoms with Crippen LogP contribution in [0.3, 0.4) is 0 Å². The first kappa shape index (κ1) is 19.6. The Morgan fingerprint density at radius 2 is 1.21 bits per heavy atom. The van der Waals surface area contributed by atoms with Crippen LogP contribution >= 0.6 is 11.8 Å². The highest BCUT2D eigenvalue weighted by molar-refractivity contribution is 7.99. The maximum Gasteiger partial charge on any atom is 0.379 e. The Kier molecular flexibility index (Phi) is 6.40. The molecule has 0 heterocycles. The van der Waals surface area contributed by atoms with Crippen molar-refractivity contribution in [2.24, 2.45) is 0 Å². The Morgan fingerprint density at radius 3 is 1.75 bits per heavy atom. The topological polar surface area (TPSA) is 60.4 Å². The third kappa shape index (κ3) is 4.75. The molecule has 0 amide bonds. The van der Waals surface area contributed by atoms with E-state index in [-0.39, 0.29) is 12.4 Å². The van der Waals surface area contributed by atoms with Gasteiger partial charge in [-0.2, -0.15) is 0 Å². The molecule has 0 fully saturated rings. The lowest BCUT2D eigenvalue weighted by Gasteiger charge is -2.05. The molecule has 5 heteroatoms. The smallest absolute Gasteiger partial charge is 0.379 e. The van der Waals surface area contributed by atoms with Gasteiger partial charge < -0.3 is 4.74 Å². The lowest BCUT2D eigenvalue weighted by molar-refractivity contribution is -0.137. The maximum absolute atomic E-state index is 12.4. The van der Waals surface area contributed by atoms with Crippen molar-refractivity contribution in [2.75, 3.05) is 6.61 Å². The third-order valence-electron chi connectivity index (χ3n) is 3.97. The van der Waals surface area contributed by atoms with Crippen molar-refractivity contribution in [3.05, 3.63) is 95.6 Å². The molecule has 3 rings (SSSR count). The van der Waals surface area contributed by atoms with Gasteiger partial charge in [0.2, 0.25) is 0 Å². The molecule has 0 saturated heterocycles. The number of esters is 1. The Labute approximate surface area is 167 Å². The van der Waals surface area contributed by atoms with Crippen molar-refractivity contribution < 1.29 is 19.1 Å². The van der Waals surface area contributed by atoms with E-state index in [1.54, 1.807) is 55.5 Å². The molecule has 3 aromatic rings. The van der Waals surface area contributed by atoms with Crippen LogP contribution in [0.5, 0.6) is 0 Å². The summed E-state index contributed by atoms with van der Waals surface area (Å²) in [6, 6.07) is 23.3. The second kappa shape index (κ2) is 9.15. The molecule has 0 bridgehead atoms. The zero-order valence-electron chi connectivity index (χ0n) is 15.3. The average Bonchev–Trinajstić information content (AvgIpc) is 2.74. The van der Waals surface area contributed by atoms with Crippen LogP contribution in [0.15, 0.2) is 88.7 Å². The number of rotatable bonds is 7. The van der Waals surface area contributed by atoms with Crippen molar-refractivity contribution in [3.63, 3.8) is 0 Å². The van der Waals surface area contributed by atoms with Crippen molar-refractivity contribution in [1.29, 1.82) is 0 Å². The van der Waals surface area contributed by atoms with Gasteiger partial charge in [0.1, 0.15) is 0 Å². The summed E-state index contributed by atoms with van der Waals surface area (Å²) in [4.78, 5) is 37.7. The second-order valence-electron chi connectivity index (χ2n) is 5.90. The van der Waals surface area contributed by atoms with Crippen molar-refractivity contribution in [1.82, 2.24) is 0 Å². The number of carbonyl (C=O) groups excluding carboxylic acids is 3. The maximum atomic E-state index is 12.4. The fourth-order valence-electron chi connectivity index (χ4n) is 2.56. The summed E-state index contributed by atoms with van der Waals surface area (Å²) in [5, 5.41) is 0. The van der Waals surface area contributed by atoms with Gasteiger partial charge in [0, 0.05) is 26.5 Å². The van der Waals surface area contributed by atoms with Crippen LogP contribution in [0.25, 0.3) is 0 Å². The summed E-state index contributed by atoms with van der Waals surface area (Å²) in [6.45, 7) is 1.82. The van der Waals surface area contributed by atoms with Gasteiger partial charge in [-0.05, 0) is 55.5 Å². The van der Waals surface area contributed by atoms with Crippen molar-refractivity contribution in [2.45, 2.75) is 16.7 Å². The SMILES string of the molecule is CCOC(=O)C(=O)c1ccc(Sc2ccc(C(=O)c3ccccc3)cc2)cc1. The minimum absolute atomic E-state index is 0.0148. The zero-order chi connectivity index (χ0) is 19.9. The number of benzene rings is 3. The highest BCUT2D eigenvalue weighted by atomic mass is 32.2. The number of Topliss-reactive ketones (excluding diaryl/α,β-unsaturated/α-hetero) is 1. The predicted molar refractivity (Wildman–Crippen MR) is 108 cm³/mol. The minimum Gasteiger partial charge on any atom is -0.460 e. The Bertz CT molecular complexity index is 977. The van der Waals surface area contributed by atoms with Gasteiger partial charge in [-0.3, -0.25) is 9.59 Å². The number of ketones is 2. The highest BCUT2D eigenvalue weighted by Gasteiger charge is 2.17. The van der Waals surface area contributed by atoms with Crippen LogP contribution in [0.1, 0.15) is 33.2 Å². The van der Waals surface area contributed by atoms with E-state index >= 15 is 0 Å². The fraction of sp³-hybridized carbons (Fsp3) is 0.0870. The number of hydrogen-bond donors (Lipinski definition) is 0. The summed E-state index contributed by atoms with van der Waals surface area (Å²) in [5.41, 5.74) is 1.59. The largest absolute Gasteiger partial charge is 0.460 e. The molecule has 0 aliphatic heterocycles. The first-order valence-electron chi connectivity index (χ1n) is 8.77. The van der Waals surface area contributed by atoms with E-state index in [0.717, 1.165) is 9.79 Å². The third-order valence-corrected chi connectivity index (χ3v) is 4.98. The van der Waals surface area contributed by atoms with E-state index in [1.807, 2.05) is 30.3 Å². The molecule has 0 aromatic heterocycles. The average molecular weight is 390 g/mol. The Balaban J connectivity index is 1.66. The fourth-order valence-corrected chi connectivity index (χ4v) is 3.37. The van der Waals surface area contributed by atoms with Gasteiger partial charge in [0.15, 0.2) is 5.78 Å². The van der Waals surface area contributed by atoms with E-state index in [2.05, 4.69) is 0 Å². The minimum atomic E-state index is -0.846. The Hall–Kier alpha value is -3.18. The molecule has 0 aliphatic rings. The summed E-state index contributed by atoms with van der Waals surface area (Å²) >= 11 is 1.50. The first-order valence-corrected chi connectivity index (χ1v) is 9.59. The van der Waals surface area contributed by atoms with E-state index in [0.29, 0.717) is 16.7 Å². The molecule has 3 aromatic carbocycles. The van der Waals surface area contributed by atoms with Crippen LogP contribution < -0.4 is 0 Å². The molecule has 0 aliphatic carbocycles. The van der Waals surface area contributed by atoms with Gasteiger partial charge in [-0.15, -0.1) is 0 Å². The normalized spacial score (nSPS) is 10.3. The van der Waals surface area contributed by atoms with E-state index in [9.17, 15) is 14.4 Å². The molecular weight excluding hydrogens is 372 g/mol. The number of hydrogen-bond acceptors (Lipinski definition) is 5. The molecule has 0 radical (unpaired) electrons. The van der Waals surface area contributed by atoms with Gasteiger partial charge >= 0.3 is 5.97 Å². The van der Waals surface area contributed by atoms with Crippen molar-refractivity contribution >= 4 is 29.3 Å². The molecule has 4 nitrogen and oxygen atoms in total. The Morgan fingerprint density at radius 1 is 0.714 bits per heavy atom. The number of carbonyl (C=O) groups is 3. The summed E-state index contributed by atoms with van der Waals surface area (Å²) in [7, 11) is 0. The van der Waals surface area contributed by atoms with Crippen LogP contribution in [0.4, 0.5) is 0 Å². The van der Waals surface area contributed by atoms with E-state index in [4.69, 9.17) is 4.74 Å². The van der Waals surface area contributed by atoms with Crippen LogP contribution in [0, 0.1) is 0 Å². The molecule has 0 saturated carbocycles. The second-order valence-corrected chi connectivity index (χ2v) is 7.04. The van der Waals surface area contributed by atoms with Gasteiger partial charge in [-0.1, -0.05) is 42.1 Å². The van der Waals surface area contributed by atoms with Crippen LogP contribution in [-0.2, 0) is 9.53 Å². The first-order chi connectivity index (χ1) is 13.6. The lowest BCUT2D eigenvalue weighted by atomic mass is 10.0. The molecule has 0 unspecified atom stereocenters. The molecule has 140 valence electrons. The molecule has 0 N–H and O–H groups in total. The summed E-state index contributed by atoms with van der Waals surface area (Å²) in [5.74, 6) is -1.51. The standard InChI is InChI=1S/C23H18O4S/c1-2-27-23(26)22(25)18-10-14-20(15-11-18)28-19-12-8-17(9-13-19)21(24)16-6-4-3-5-7-16/h3-15H,2H2,1H3. The number of ether oxygens (including phenoxy) is 1. The zero-order valence-corrected chi connectivity index (χ0v) is 16.1. The van der Waals surface area contributed by atoms with Crippen LogP contribution in [0.2, 0.25) is 0 Å². The predicted octanol–water partition coefficient (Wildman–Crippen LogP) is 4.81. The van der Waals surface area contributed by atoms with Gasteiger partial charge in [0.25, 0.3) is 5.78 Å². The van der Waals surface area contributed by atoms with E-state index in [1.165, 1.54) is 11.8 Å².